The molecule has 0 bridgehead atoms. The second kappa shape index (κ2) is 5.61. The van der Waals surface area contributed by atoms with Crippen molar-refractivity contribution >= 4 is 5.91 Å². The van der Waals surface area contributed by atoms with Crippen LogP contribution >= 0.6 is 0 Å². The van der Waals surface area contributed by atoms with Crippen LogP contribution in [0.3, 0.4) is 0 Å². The Kier molecular flexibility index (Phi) is 4.09. The maximum atomic E-state index is 12.4. The van der Waals surface area contributed by atoms with E-state index in [0.717, 1.165) is 31.6 Å². The lowest BCUT2D eigenvalue weighted by Crippen LogP contribution is -2.37. The number of hydrogen-bond donors (Lipinski definition) is 2. The summed E-state index contributed by atoms with van der Waals surface area (Å²) in [5.41, 5.74) is -0.117. The second-order valence-electron chi connectivity index (χ2n) is 4.63. The Labute approximate surface area is 109 Å². The molecule has 104 valence electrons. The molecule has 1 fully saturated rings. The van der Waals surface area contributed by atoms with Crippen LogP contribution in [0.5, 0.6) is 0 Å². The van der Waals surface area contributed by atoms with E-state index in [2.05, 4.69) is 10.6 Å². The summed E-state index contributed by atoms with van der Waals surface area (Å²) in [7, 11) is 0. The summed E-state index contributed by atoms with van der Waals surface area (Å²) in [5, 5.41) is 5.97. The molecule has 1 saturated heterocycles. The molecule has 1 heterocycles. The summed E-state index contributed by atoms with van der Waals surface area (Å²) < 4.78 is 37.1. The van der Waals surface area contributed by atoms with Gasteiger partial charge in [0.1, 0.15) is 0 Å². The number of alkyl halides is 3. The van der Waals surface area contributed by atoms with Crippen LogP contribution in [-0.2, 0) is 17.4 Å². The van der Waals surface area contributed by atoms with E-state index in [4.69, 9.17) is 0 Å². The van der Waals surface area contributed by atoms with E-state index in [1.54, 1.807) is 0 Å². The van der Waals surface area contributed by atoms with Gasteiger partial charge >= 0.3 is 6.18 Å². The first kappa shape index (κ1) is 13.9. The Hall–Kier alpha value is -1.56. The molecule has 0 aromatic heterocycles. The number of carbonyl (C=O) groups is 1. The van der Waals surface area contributed by atoms with E-state index in [1.807, 2.05) is 0 Å². The maximum Gasteiger partial charge on any atom is 0.416 e. The molecule has 3 nitrogen and oxygen atoms in total. The zero-order valence-corrected chi connectivity index (χ0v) is 10.3. The summed E-state index contributed by atoms with van der Waals surface area (Å²) in [6, 6.07) is 4.81. The van der Waals surface area contributed by atoms with Crippen LogP contribution in [0, 0.1) is 0 Å². The molecular formula is C13H15F3N2O. The lowest BCUT2D eigenvalue weighted by atomic mass is 10.1. The van der Waals surface area contributed by atoms with Crippen molar-refractivity contribution in [3.05, 3.63) is 35.4 Å². The normalized spacial score (nSPS) is 19.4. The Morgan fingerprint density at radius 2 is 2.00 bits per heavy atom. The molecule has 0 aliphatic carbocycles. The third-order valence-corrected chi connectivity index (χ3v) is 3.07. The fraction of sp³-hybridized carbons (Fsp3) is 0.462. The highest BCUT2D eigenvalue weighted by Crippen LogP contribution is 2.29. The van der Waals surface area contributed by atoms with Crippen LogP contribution in [0.4, 0.5) is 13.2 Å². The molecule has 2 N–H and O–H groups in total. The van der Waals surface area contributed by atoms with Crippen molar-refractivity contribution in [2.45, 2.75) is 25.1 Å². The minimum Gasteiger partial charge on any atom is -0.352 e. The molecule has 0 spiro atoms. The van der Waals surface area contributed by atoms with Crippen LogP contribution in [0.15, 0.2) is 24.3 Å². The van der Waals surface area contributed by atoms with Gasteiger partial charge in [-0.05, 0) is 30.7 Å². The molecule has 1 aromatic rings. The average Bonchev–Trinajstić information content (AvgIpc) is 2.81. The van der Waals surface area contributed by atoms with E-state index in [-0.39, 0.29) is 18.4 Å². The van der Waals surface area contributed by atoms with Crippen molar-refractivity contribution in [3.63, 3.8) is 0 Å². The number of halogens is 3. The Balaban J connectivity index is 1.90. The number of benzene rings is 1. The molecular weight excluding hydrogens is 257 g/mol. The van der Waals surface area contributed by atoms with E-state index >= 15 is 0 Å². The van der Waals surface area contributed by atoms with Crippen molar-refractivity contribution < 1.29 is 18.0 Å². The van der Waals surface area contributed by atoms with E-state index in [0.29, 0.717) is 5.56 Å². The second-order valence-corrected chi connectivity index (χ2v) is 4.63. The summed E-state index contributed by atoms with van der Waals surface area (Å²) in [6.07, 6.45) is -3.34. The van der Waals surface area contributed by atoms with Gasteiger partial charge in [0, 0.05) is 12.6 Å². The number of hydrogen-bond acceptors (Lipinski definition) is 2. The van der Waals surface area contributed by atoms with Gasteiger partial charge in [-0.1, -0.05) is 12.1 Å². The first-order chi connectivity index (χ1) is 8.95. The zero-order valence-electron chi connectivity index (χ0n) is 10.3. The fourth-order valence-electron chi connectivity index (χ4n) is 2.05. The molecule has 1 aliphatic rings. The molecule has 0 unspecified atom stereocenters. The molecule has 2 rings (SSSR count). The first-order valence-corrected chi connectivity index (χ1v) is 6.11. The molecule has 19 heavy (non-hydrogen) atoms. The minimum absolute atomic E-state index is 0.106. The summed E-state index contributed by atoms with van der Waals surface area (Å²) in [6.45, 7) is 1.63. The van der Waals surface area contributed by atoms with Gasteiger partial charge in [-0.25, -0.2) is 0 Å². The molecule has 6 heteroatoms. The third-order valence-electron chi connectivity index (χ3n) is 3.07. The van der Waals surface area contributed by atoms with Crippen molar-refractivity contribution in [3.8, 4) is 0 Å². The topological polar surface area (TPSA) is 41.1 Å². The highest BCUT2D eigenvalue weighted by Gasteiger charge is 2.30. The Bertz CT molecular complexity index is 436. The van der Waals surface area contributed by atoms with Crippen LogP contribution in [0.25, 0.3) is 0 Å². The number of rotatable bonds is 3. The summed E-state index contributed by atoms with van der Waals surface area (Å²) in [4.78, 5) is 11.7. The SMILES string of the molecule is O=C(Cc1ccc(C(F)(F)F)cc1)N[C@@H]1CCNC1. The van der Waals surface area contributed by atoms with Gasteiger partial charge in [0.2, 0.25) is 5.91 Å². The predicted molar refractivity (Wildman–Crippen MR) is 64.6 cm³/mol. The molecule has 0 radical (unpaired) electrons. The molecule has 1 aromatic carbocycles. The van der Waals surface area contributed by atoms with Gasteiger partial charge in [0.15, 0.2) is 0 Å². The average molecular weight is 272 g/mol. The largest absolute Gasteiger partial charge is 0.416 e. The van der Waals surface area contributed by atoms with Gasteiger partial charge in [-0.2, -0.15) is 13.2 Å². The monoisotopic (exact) mass is 272 g/mol. The van der Waals surface area contributed by atoms with Crippen LogP contribution in [-0.4, -0.2) is 25.0 Å². The Morgan fingerprint density at radius 1 is 1.32 bits per heavy atom. The van der Waals surface area contributed by atoms with Gasteiger partial charge in [-0.15, -0.1) is 0 Å². The van der Waals surface area contributed by atoms with E-state index in [9.17, 15) is 18.0 Å². The standard InChI is InChI=1S/C13H15F3N2O/c14-13(15,16)10-3-1-9(2-4-10)7-12(19)18-11-5-6-17-8-11/h1-4,11,17H,5-8H2,(H,18,19)/t11-/m1/s1. The van der Waals surface area contributed by atoms with E-state index in [1.165, 1.54) is 12.1 Å². The van der Waals surface area contributed by atoms with Gasteiger partial charge in [-0.3, -0.25) is 4.79 Å². The number of amides is 1. The smallest absolute Gasteiger partial charge is 0.352 e. The lowest BCUT2D eigenvalue weighted by molar-refractivity contribution is -0.137. The third kappa shape index (κ3) is 3.96. The molecule has 1 aliphatic heterocycles. The van der Waals surface area contributed by atoms with Crippen LogP contribution in [0.1, 0.15) is 17.5 Å². The molecule has 0 saturated carbocycles. The van der Waals surface area contributed by atoms with Crippen molar-refractivity contribution in [1.82, 2.24) is 10.6 Å². The van der Waals surface area contributed by atoms with Gasteiger partial charge in [0.25, 0.3) is 0 Å². The lowest BCUT2D eigenvalue weighted by Gasteiger charge is -2.11. The van der Waals surface area contributed by atoms with Crippen molar-refractivity contribution in [2.75, 3.05) is 13.1 Å². The molecule has 1 amide bonds. The molecule has 1 atom stereocenters. The zero-order chi connectivity index (χ0) is 13.9. The number of carbonyl (C=O) groups excluding carboxylic acids is 1. The van der Waals surface area contributed by atoms with Crippen LogP contribution in [0.2, 0.25) is 0 Å². The highest BCUT2D eigenvalue weighted by molar-refractivity contribution is 5.78. The summed E-state index contributed by atoms with van der Waals surface area (Å²) in [5.74, 6) is -0.159. The van der Waals surface area contributed by atoms with E-state index < -0.39 is 11.7 Å². The quantitative estimate of drug-likeness (QED) is 0.879. The first-order valence-electron chi connectivity index (χ1n) is 6.11. The van der Waals surface area contributed by atoms with Gasteiger partial charge < -0.3 is 10.6 Å². The summed E-state index contributed by atoms with van der Waals surface area (Å²) >= 11 is 0. The minimum atomic E-state index is -4.34. The predicted octanol–water partition coefficient (Wildman–Crippen LogP) is 1.73. The maximum absolute atomic E-state index is 12.4. The number of nitrogens with one attached hydrogen (secondary N) is 2. The van der Waals surface area contributed by atoms with Crippen molar-refractivity contribution in [2.24, 2.45) is 0 Å². The van der Waals surface area contributed by atoms with Gasteiger partial charge in [0.05, 0.1) is 12.0 Å². The van der Waals surface area contributed by atoms with Crippen molar-refractivity contribution in [1.29, 1.82) is 0 Å². The van der Waals surface area contributed by atoms with Crippen LogP contribution < -0.4 is 10.6 Å². The highest BCUT2D eigenvalue weighted by atomic mass is 19.4. The fourth-order valence-corrected chi connectivity index (χ4v) is 2.05. The Morgan fingerprint density at radius 3 is 2.53 bits per heavy atom.